The van der Waals surface area contributed by atoms with E-state index in [9.17, 15) is 23.1 Å². The average Bonchev–Trinajstić information content (AvgIpc) is 3.03. The minimum absolute atomic E-state index is 0.0197. The summed E-state index contributed by atoms with van der Waals surface area (Å²) in [5.41, 5.74) is -1.05. The fourth-order valence-electron chi connectivity index (χ4n) is 3.79. The van der Waals surface area contributed by atoms with E-state index < -0.39 is 41.2 Å². The number of benzene rings is 2. The lowest BCUT2D eigenvalue weighted by Gasteiger charge is -2.21. The highest BCUT2D eigenvalue weighted by Crippen LogP contribution is 2.38. The summed E-state index contributed by atoms with van der Waals surface area (Å²) in [5, 5.41) is 10.1. The standard InChI is InChI=1S/C24H20F4N2O2/c1-23(2,32)16-7-5-14(6-8-16)15-10-19(24(26,27)28)18(20(25)11-15)12-30-13-21-17(22(30)31)4-3-9-29-21/h3-11,32H,12-13H2,1-2H3. The molecule has 32 heavy (non-hydrogen) atoms. The maximum Gasteiger partial charge on any atom is 0.416 e. The molecule has 166 valence electrons. The van der Waals surface area contributed by atoms with Gasteiger partial charge in [0.15, 0.2) is 0 Å². The Balaban J connectivity index is 1.71. The van der Waals surface area contributed by atoms with Crippen LogP contribution < -0.4 is 0 Å². The van der Waals surface area contributed by atoms with E-state index in [1.807, 2.05) is 0 Å². The molecule has 2 heterocycles. The first kappa shape index (κ1) is 22.0. The van der Waals surface area contributed by atoms with E-state index in [2.05, 4.69) is 4.98 Å². The number of fused-ring (bicyclic) bond motifs is 1. The van der Waals surface area contributed by atoms with Gasteiger partial charge in [-0.05, 0) is 54.8 Å². The molecule has 0 fully saturated rings. The Hall–Kier alpha value is -3.26. The molecule has 4 nitrogen and oxygen atoms in total. The Morgan fingerprint density at radius 1 is 1.06 bits per heavy atom. The molecule has 3 aromatic rings. The molecule has 0 unspecified atom stereocenters. The Bertz CT molecular complexity index is 1180. The average molecular weight is 444 g/mol. The fraction of sp³-hybridized carbons (Fsp3) is 0.250. The van der Waals surface area contributed by atoms with Gasteiger partial charge in [-0.1, -0.05) is 24.3 Å². The number of halogens is 4. The molecule has 0 saturated heterocycles. The minimum atomic E-state index is -4.81. The van der Waals surface area contributed by atoms with E-state index in [-0.39, 0.29) is 12.1 Å². The van der Waals surface area contributed by atoms with Gasteiger partial charge in [0.05, 0.1) is 29.0 Å². The number of aromatic nitrogens is 1. The van der Waals surface area contributed by atoms with Gasteiger partial charge in [0.1, 0.15) is 5.82 Å². The van der Waals surface area contributed by atoms with Gasteiger partial charge in [0.25, 0.3) is 5.91 Å². The van der Waals surface area contributed by atoms with Gasteiger partial charge >= 0.3 is 6.18 Å². The number of rotatable bonds is 4. The van der Waals surface area contributed by atoms with Gasteiger partial charge in [-0.15, -0.1) is 0 Å². The second-order valence-corrected chi connectivity index (χ2v) is 8.28. The van der Waals surface area contributed by atoms with E-state index in [4.69, 9.17) is 0 Å². The Kier molecular flexibility index (Phi) is 5.29. The molecule has 4 rings (SSSR count). The molecule has 0 atom stereocenters. The van der Waals surface area contributed by atoms with Crippen LogP contribution >= 0.6 is 0 Å². The third-order valence-electron chi connectivity index (χ3n) is 5.52. The molecule has 1 N–H and O–H groups in total. The molecule has 1 aliphatic rings. The van der Waals surface area contributed by atoms with E-state index in [1.165, 1.54) is 18.3 Å². The Labute approximate surface area is 182 Å². The van der Waals surface area contributed by atoms with Crippen molar-refractivity contribution in [2.24, 2.45) is 0 Å². The van der Waals surface area contributed by atoms with Crippen molar-refractivity contribution in [3.05, 3.63) is 88.5 Å². The molecule has 0 aliphatic carbocycles. The monoisotopic (exact) mass is 444 g/mol. The first-order valence-corrected chi connectivity index (χ1v) is 9.91. The van der Waals surface area contributed by atoms with Crippen molar-refractivity contribution in [1.82, 2.24) is 9.88 Å². The normalized spacial score (nSPS) is 14.1. The van der Waals surface area contributed by atoms with Crippen LogP contribution in [0.15, 0.2) is 54.7 Å². The van der Waals surface area contributed by atoms with Crippen LogP contribution in [-0.2, 0) is 24.9 Å². The number of carbonyl (C=O) groups excluding carboxylic acids is 1. The zero-order valence-corrected chi connectivity index (χ0v) is 17.4. The number of pyridine rings is 1. The number of hydrogen-bond acceptors (Lipinski definition) is 3. The predicted molar refractivity (Wildman–Crippen MR) is 110 cm³/mol. The van der Waals surface area contributed by atoms with E-state index in [0.717, 1.165) is 17.0 Å². The van der Waals surface area contributed by atoms with Gasteiger partial charge in [0, 0.05) is 18.3 Å². The smallest absolute Gasteiger partial charge is 0.386 e. The molecule has 0 saturated carbocycles. The van der Waals surface area contributed by atoms with Crippen molar-refractivity contribution in [3.8, 4) is 11.1 Å². The molecule has 0 bridgehead atoms. The quantitative estimate of drug-likeness (QED) is 0.557. The van der Waals surface area contributed by atoms with E-state index in [1.54, 1.807) is 38.1 Å². The number of carbonyl (C=O) groups is 1. The lowest BCUT2D eigenvalue weighted by molar-refractivity contribution is -0.138. The molecule has 1 aromatic heterocycles. The lowest BCUT2D eigenvalue weighted by atomic mass is 9.93. The van der Waals surface area contributed by atoms with Crippen molar-refractivity contribution in [3.63, 3.8) is 0 Å². The van der Waals surface area contributed by atoms with E-state index >= 15 is 4.39 Å². The van der Waals surface area contributed by atoms with E-state index in [0.29, 0.717) is 22.4 Å². The fourth-order valence-corrected chi connectivity index (χ4v) is 3.79. The number of alkyl halides is 3. The summed E-state index contributed by atoms with van der Waals surface area (Å²) in [5.74, 6) is -1.52. The van der Waals surface area contributed by atoms with Gasteiger partial charge in [-0.25, -0.2) is 4.39 Å². The molecule has 1 aliphatic heterocycles. The van der Waals surface area contributed by atoms with Crippen molar-refractivity contribution in [1.29, 1.82) is 0 Å². The SMILES string of the molecule is CC(C)(O)c1ccc(-c2cc(F)c(CN3Cc4ncccc4C3=O)c(C(F)(F)F)c2)cc1. The van der Waals surface area contributed by atoms with Crippen molar-refractivity contribution < 1.29 is 27.5 Å². The summed E-state index contributed by atoms with van der Waals surface area (Å²) in [7, 11) is 0. The number of hydrogen-bond donors (Lipinski definition) is 1. The molecule has 0 spiro atoms. The topological polar surface area (TPSA) is 53.4 Å². The van der Waals surface area contributed by atoms with Crippen LogP contribution in [-0.4, -0.2) is 20.9 Å². The van der Waals surface area contributed by atoms with Crippen molar-refractivity contribution in [2.45, 2.75) is 38.7 Å². The summed E-state index contributed by atoms with van der Waals surface area (Å²) >= 11 is 0. The van der Waals surface area contributed by atoms with Crippen LogP contribution in [0.25, 0.3) is 11.1 Å². The Morgan fingerprint density at radius 3 is 2.34 bits per heavy atom. The summed E-state index contributed by atoms with van der Waals surface area (Å²) in [6.07, 6.45) is -3.32. The summed E-state index contributed by atoms with van der Waals surface area (Å²) in [6.45, 7) is 2.68. The molecule has 2 aromatic carbocycles. The highest BCUT2D eigenvalue weighted by Gasteiger charge is 2.37. The third-order valence-corrected chi connectivity index (χ3v) is 5.52. The first-order chi connectivity index (χ1) is 14.9. The summed E-state index contributed by atoms with van der Waals surface area (Å²) in [4.78, 5) is 17.8. The van der Waals surface area contributed by atoms with Gasteiger partial charge in [0.2, 0.25) is 0 Å². The zero-order valence-electron chi connectivity index (χ0n) is 17.4. The van der Waals surface area contributed by atoms with Crippen LogP contribution in [0.4, 0.5) is 17.6 Å². The third kappa shape index (κ3) is 4.10. The summed E-state index contributed by atoms with van der Waals surface area (Å²) < 4.78 is 56.6. The van der Waals surface area contributed by atoms with Gasteiger partial charge < -0.3 is 10.0 Å². The first-order valence-electron chi connectivity index (χ1n) is 9.91. The maximum atomic E-state index is 15.0. The van der Waals surface area contributed by atoms with Gasteiger partial charge in [-0.3, -0.25) is 9.78 Å². The lowest BCUT2D eigenvalue weighted by Crippen LogP contribution is -2.26. The molecular formula is C24H20F4N2O2. The molecule has 0 radical (unpaired) electrons. The second-order valence-electron chi connectivity index (χ2n) is 8.28. The second kappa shape index (κ2) is 7.70. The number of aliphatic hydroxyl groups is 1. The number of nitrogens with zero attached hydrogens (tertiary/aromatic N) is 2. The minimum Gasteiger partial charge on any atom is -0.386 e. The van der Waals surface area contributed by atoms with Crippen molar-refractivity contribution >= 4 is 5.91 Å². The van der Waals surface area contributed by atoms with Crippen LogP contribution in [0, 0.1) is 5.82 Å². The Morgan fingerprint density at radius 2 is 1.75 bits per heavy atom. The van der Waals surface area contributed by atoms with Crippen molar-refractivity contribution in [2.75, 3.05) is 0 Å². The highest BCUT2D eigenvalue weighted by molar-refractivity contribution is 5.97. The summed E-state index contributed by atoms with van der Waals surface area (Å²) in [6, 6.07) is 11.3. The van der Waals surface area contributed by atoms with Crippen LogP contribution in [0.1, 0.15) is 46.6 Å². The van der Waals surface area contributed by atoms with Crippen LogP contribution in [0.2, 0.25) is 0 Å². The largest absolute Gasteiger partial charge is 0.416 e. The number of amides is 1. The molecule has 1 amide bonds. The highest BCUT2D eigenvalue weighted by atomic mass is 19.4. The maximum absolute atomic E-state index is 15.0. The molecular weight excluding hydrogens is 424 g/mol. The zero-order chi connectivity index (χ0) is 23.3. The van der Waals surface area contributed by atoms with Crippen LogP contribution in [0.3, 0.4) is 0 Å². The van der Waals surface area contributed by atoms with Crippen LogP contribution in [0.5, 0.6) is 0 Å². The molecule has 8 heteroatoms. The van der Waals surface area contributed by atoms with Gasteiger partial charge in [-0.2, -0.15) is 13.2 Å². The predicted octanol–water partition coefficient (Wildman–Crippen LogP) is 5.29.